The maximum absolute atomic E-state index is 12.7. The molecule has 0 aromatic carbocycles. The number of nitrogens with zero attached hydrogens (tertiary/aromatic N) is 1. The fraction of sp³-hybridized carbons (Fsp3) is 0.711. The van der Waals surface area contributed by atoms with Gasteiger partial charge in [-0.05, 0) is 83.5 Å². The second-order valence-corrected chi connectivity index (χ2v) is 16.4. The first-order valence-electron chi connectivity index (χ1n) is 21.2. The highest BCUT2D eigenvalue weighted by molar-refractivity contribution is 7.47. The van der Waals surface area contributed by atoms with E-state index in [-0.39, 0.29) is 32.2 Å². The van der Waals surface area contributed by atoms with Crippen LogP contribution in [0.15, 0.2) is 72.9 Å². The van der Waals surface area contributed by atoms with Gasteiger partial charge in [0.1, 0.15) is 19.3 Å². The van der Waals surface area contributed by atoms with Crippen LogP contribution in [0.25, 0.3) is 0 Å². The Bertz CT molecular complexity index is 1090. The van der Waals surface area contributed by atoms with E-state index in [2.05, 4.69) is 86.8 Å². The zero-order valence-corrected chi connectivity index (χ0v) is 36.1. The topological polar surface area (TPSA) is 91.3 Å². The molecule has 9 heteroatoms. The number of hydrogen-bond acceptors (Lipinski definition) is 6. The van der Waals surface area contributed by atoms with Gasteiger partial charge in [-0.25, -0.2) is 4.57 Å². The van der Waals surface area contributed by atoms with Crippen LogP contribution in [0.1, 0.15) is 149 Å². The van der Waals surface area contributed by atoms with Gasteiger partial charge in [0.2, 0.25) is 0 Å². The molecule has 0 radical (unpaired) electrons. The number of ether oxygens (including phenoxy) is 2. The molecule has 8 nitrogen and oxygen atoms in total. The quantitative estimate of drug-likeness (QED) is 0.0219. The van der Waals surface area contributed by atoms with Crippen LogP contribution >= 0.6 is 7.82 Å². The second kappa shape index (κ2) is 37.8. The van der Waals surface area contributed by atoms with Crippen LogP contribution in [0.4, 0.5) is 0 Å². The van der Waals surface area contributed by atoms with Gasteiger partial charge in [0.25, 0.3) is 0 Å². The summed E-state index contributed by atoms with van der Waals surface area (Å²) >= 11 is 0. The molecule has 1 N–H and O–H groups in total. The third-order valence-corrected chi connectivity index (χ3v) is 9.49. The van der Waals surface area contributed by atoms with E-state index in [4.69, 9.17) is 18.5 Å². The lowest BCUT2D eigenvalue weighted by Crippen LogP contribution is -2.37. The number of phosphoric ester groups is 1. The van der Waals surface area contributed by atoms with Gasteiger partial charge in [0, 0.05) is 13.0 Å². The summed E-state index contributed by atoms with van der Waals surface area (Å²) in [5, 5.41) is 0. The van der Waals surface area contributed by atoms with Gasteiger partial charge in [-0.1, -0.05) is 132 Å². The largest absolute Gasteiger partial charge is 0.472 e. The number of allylic oxidation sites excluding steroid dienone is 12. The highest BCUT2D eigenvalue weighted by Crippen LogP contribution is 2.43. The van der Waals surface area contributed by atoms with E-state index in [0.29, 0.717) is 17.6 Å². The molecule has 312 valence electrons. The molecule has 0 aliphatic carbocycles. The molecule has 0 saturated heterocycles. The van der Waals surface area contributed by atoms with Crippen LogP contribution in [0.5, 0.6) is 0 Å². The lowest BCUT2D eigenvalue weighted by molar-refractivity contribution is -0.870. The summed E-state index contributed by atoms with van der Waals surface area (Å²) in [7, 11) is 1.63. The summed E-state index contributed by atoms with van der Waals surface area (Å²) in [6.45, 7) is 5.40. The summed E-state index contributed by atoms with van der Waals surface area (Å²) in [5.41, 5.74) is 0. The number of hydrogen-bond donors (Lipinski definition) is 1. The normalized spacial score (nSPS) is 14.6. The second-order valence-electron chi connectivity index (χ2n) is 15.0. The molecule has 0 aliphatic heterocycles. The summed E-state index contributed by atoms with van der Waals surface area (Å²) < 4.78 is 34.9. The van der Waals surface area contributed by atoms with Crippen LogP contribution < -0.4 is 0 Å². The highest BCUT2D eigenvalue weighted by Gasteiger charge is 2.26. The maximum Gasteiger partial charge on any atom is 0.472 e. The molecular weight excluding hydrogens is 697 g/mol. The molecule has 2 atom stereocenters. The predicted octanol–water partition coefficient (Wildman–Crippen LogP) is 12.3. The maximum atomic E-state index is 12.7. The molecule has 0 saturated carbocycles. The molecule has 2 unspecified atom stereocenters. The zero-order valence-electron chi connectivity index (χ0n) is 35.2. The lowest BCUT2D eigenvalue weighted by atomic mass is 10.1. The lowest BCUT2D eigenvalue weighted by Gasteiger charge is -2.24. The number of carbonyl (C=O) groups is 1. The molecule has 0 heterocycles. The smallest absolute Gasteiger partial charge is 0.457 e. The molecule has 0 aromatic heterocycles. The van der Waals surface area contributed by atoms with Crippen molar-refractivity contribution in [2.45, 2.75) is 155 Å². The molecule has 0 rings (SSSR count). The summed E-state index contributed by atoms with van der Waals surface area (Å²) in [5.74, 6) is -0.350. The number of esters is 1. The zero-order chi connectivity index (χ0) is 39.9. The number of quaternary nitrogens is 1. The van der Waals surface area contributed by atoms with Crippen molar-refractivity contribution in [3.63, 3.8) is 0 Å². The van der Waals surface area contributed by atoms with Crippen molar-refractivity contribution >= 4 is 13.8 Å². The number of phosphoric acid groups is 1. The first-order valence-corrected chi connectivity index (χ1v) is 22.7. The minimum atomic E-state index is -4.29. The summed E-state index contributed by atoms with van der Waals surface area (Å²) in [6, 6.07) is 0. The molecule has 0 aromatic rings. The standard InChI is InChI=1S/C45H80NO7P/c1-6-8-10-12-14-16-18-20-21-22-23-24-25-26-28-30-32-34-36-38-45(47)53-44(43-52-54(48,49)51-41-39-46(3,4)5)42-50-40-37-35-33-31-29-27-19-17-15-13-11-9-7-2/h8,10,14-17,20-21,23-24,26,28,44H,6-7,9,11-13,18-19,22,25,27,29-43H2,1-5H3/p+1/b10-8-,16-14-,17-15-,21-20-,24-23-,28-26-. The average molecular weight is 779 g/mol. The first kappa shape index (κ1) is 51.9. The Kier molecular flexibility index (Phi) is 36.4. The van der Waals surface area contributed by atoms with Crippen molar-refractivity contribution in [2.75, 3.05) is 54.1 Å². The minimum Gasteiger partial charge on any atom is -0.457 e. The van der Waals surface area contributed by atoms with Gasteiger partial charge in [-0.3, -0.25) is 13.8 Å². The van der Waals surface area contributed by atoms with Gasteiger partial charge in [-0.15, -0.1) is 0 Å². The third-order valence-electron chi connectivity index (χ3n) is 8.50. The van der Waals surface area contributed by atoms with Gasteiger partial charge >= 0.3 is 13.8 Å². The number of likely N-dealkylation sites (N-methyl/N-ethyl adjacent to an activating group) is 1. The van der Waals surface area contributed by atoms with Gasteiger partial charge < -0.3 is 18.9 Å². The van der Waals surface area contributed by atoms with E-state index < -0.39 is 13.9 Å². The van der Waals surface area contributed by atoms with Crippen LogP contribution in [0, 0.1) is 0 Å². The van der Waals surface area contributed by atoms with E-state index >= 15 is 0 Å². The fourth-order valence-electron chi connectivity index (χ4n) is 5.22. The molecule has 0 aliphatic rings. The average Bonchev–Trinajstić information content (AvgIpc) is 3.12. The Morgan fingerprint density at radius 2 is 1.07 bits per heavy atom. The third kappa shape index (κ3) is 41.1. The van der Waals surface area contributed by atoms with Gasteiger partial charge in [0.05, 0.1) is 34.4 Å². The Balaban J connectivity index is 4.35. The monoisotopic (exact) mass is 779 g/mol. The fourth-order valence-corrected chi connectivity index (χ4v) is 5.96. The number of carbonyl (C=O) groups excluding carboxylic acids is 1. The Labute approximate surface area is 332 Å². The van der Waals surface area contributed by atoms with E-state index in [1.165, 1.54) is 57.8 Å². The molecular formula is C45H81NO7P+. The predicted molar refractivity (Wildman–Crippen MR) is 228 cm³/mol. The SMILES string of the molecule is CC/C=C\C/C=C\C/C=C\C/C=C\C/C=C\CCCCCC(=O)OC(COCCCCCCCC/C=C\CCCCC)COP(=O)(O)OCC[N+](C)(C)C. The van der Waals surface area contributed by atoms with E-state index in [9.17, 15) is 14.3 Å². The van der Waals surface area contributed by atoms with Crippen LogP contribution in [-0.2, 0) is 27.9 Å². The molecule has 0 spiro atoms. The Morgan fingerprint density at radius 3 is 1.63 bits per heavy atom. The highest BCUT2D eigenvalue weighted by atomic mass is 31.2. The summed E-state index contributed by atoms with van der Waals surface area (Å²) in [4.78, 5) is 22.8. The molecule has 54 heavy (non-hydrogen) atoms. The Hall–Kier alpha value is -2.06. The van der Waals surface area contributed by atoms with Crippen molar-refractivity contribution in [3.05, 3.63) is 72.9 Å². The van der Waals surface area contributed by atoms with Crippen molar-refractivity contribution < 1.29 is 37.3 Å². The van der Waals surface area contributed by atoms with Crippen LogP contribution in [0.3, 0.4) is 0 Å². The van der Waals surface area contributed by atoms with Gasteiger partial charge in [-0.2, -0.15) is 0 Å². The molecule has 0 amide bonds. The summed E-state index contributed by atoms with van der Waals surface area (Å²) in [6.07, 6.45) is 47.9. The number of unbranched alkanes of at least 4 members (excludes halogenated alkanes) is 12. The van der Waals surface area contributed by atoms with Crippen molar-refractivity contribution in [1.29, 1.82) is 0 Å². The first-order chi connectivity index (χ1) is 26.1. The van der Waals surface area contributed by atoms with E-state index in [0.717, 1.165) is 70.6 Å². The van der Waals surface area contributed by atoms with Crippen LogP contribution in [-0.4, -0.2) is 75.6 Å². The minimum absolute atomic E-state index is 0.0770. The number of rotatable bonds is 38. The molecule has 0 fully saturated rings. The van der Waals surface area contributed by atoms with Crippen LogP contribution in [0.2, 0.25) is 0 Å². The molecule has 0 bridgehead atoms. The van der Waals surface area contributed by atoms with E-state index in [1.807, 2.05) is 21.1 Å². The van der Waals surface area contributed by atoms with Crippen molar-refractivity contribution in [2.24, 2.45) is 0 Å². The van der Waals surface area contributed by atoms with E-state index in [1.54, 1.807) is 0 Å². The van der Waals surface area contributed by atoms with Crippen molar-refractivity contribution in [1.82, 2.24) is 0 Å². The van der Waals surface area contributed by atoms with Crippen molar-refractivity contribution in [3.8, 4) is 0 Å². The van der Waals surface area contributed by atoms with Gasteiger partial charge in [0.15, 0.2) is 0 Å². The Morgan fingerprint density at radius 1 is 0.593 bits per heavy atom.